The molecule has 11 heteroatoms. The maximum atomic E-state index is 12.5. The van der Waals surface area contributed by atoms with E-state index in [1.807, 2.05) is 34.9 Å². The number of carbonyl (C=O) groups excluding carboxylic acids is 1. The number of anilines is 1. The quantitative estimate of drug-likeness (QED) is 0.245. The molecule has 35 heavy (non-hydrogen) atoms. The number of ether oxygens (including phenoxy) is 1. The third-order valence-electron chi connectivity index (χ3n) is 5.09. The Morgan fingerprint density at radius 3 is 2.46 bits per heavy atom. The van der Waals surface area contributed by atoms with Gasteiger partial charge in [-0.15, -0.1) is 10.2 Å². The van der Waals surface area contributed by atoms with Crippen molar-refractivity contribution in [3.8, 4) is 5.69 Å². The van der Waals surface area contributed by atoms with Crippen molar-refractivity contribution in [2.45, 2.75) is 49.3 Å². The first-order valence-corrected chi connectivity index (χ1v) is 13.9. The van der Waals surface area contributed by atoms with Crippen LogP contribution in [0.25, 0.3) is 5.69 Å². The summed E-state index contributed by atoms with van der Waals surface area (Å²) in [5.74, 6) is 0.505. The molecule has 0 saturated heterocycles. The molecular formula is C24H31N5O4S2. The molecule has 9 nitrogen and oxygen atoms in total. The van der Waals surface area contributed by atoms with Gasteiger partial charge in [0.25, 0.3) is 0 Å². The van der Waals surface area contributed by atoms with Gasteiger partial charge >= 0.3 is 0 Å². The number of rotatable bonds is 14. The summed E-state index contributed by atoms with van der Waals surface area (Å²) in [5.41, 5.74) is 1.39. The fraction of sp³-hybridized carbons (Fsp3) is 0.375. The molecule has 0 aliphatic carbocycles. The van der Waals surface area contributed by atoms with Crippen LogP contribution in [-0.4, -0.2) is 48.5 Å². The maximum Gasteiger partial charge on any atom is 0.240 e. The second kappa shape index (κ2) is 13.4. The zero-order chi connectivity index (χ0) is 25.1. The molecule has 1 heterocycles. The summed E-state index contributed by atoms with van der Waals surface area (Å²) < 4.78 is 34.6. The van der Waals surface area contributed by atoms with Gasteiger partial charge in [-0.1, -0.05) is 56.1 Å². The van der Waals surface area contributed by atoms with E-state index in [0.717, 1.165) is 31.4 Å². The molecule has 3 rings (SSSR count). The molecular weight excluding hydrogens is 486 g/mol. The summed E-state index contributed by atoms with van der Waals surface area (Å²) in [4.78, 5) is 12.7. The number of nitrogens with one attached hydrogen (secondary N) is 2. The van der Waals surface area contributed by atoms with E-state index in [0.29, 0.717) is 23.2 Å². The molecule has 2 N–H and O–H groups in total. The predicted molar refractivity (Wildman–Crippen MR) is 137 cm³/mol. The van der Waals surface area contributed by atoms with Crippen molar-refractivity contribution in [3.05, 3.63) is 60.4 Å². The molecule has 0 bridgehead atoms. The van der Waals surface area contributed by atoms with Crippen LogP contribution >= 0.6 is 11.8 Å². The monoisotopic (exact) mass is 517 g/mol. The number of benzene rings is 2. The van der Waals surface area contributed by atoms with Crippen LogP contribution in [0.5, 0.6) is 0 Å². The first-order valence-electron chi connectivity index (χ1n) is 11.5. The Kier molecular flexibility index (Phi) is 10.3. The van der Waals surface area contributed by atoms with Crippen molar-refractivity contribution in [2.24, 2.45) is 0 Å². The van der Waals surface area contributed by atoms with Crippen molar-refractivity contribution < 1.29 is 17.9 Å². The highest BCUT2D eigenvalue weighted by atomic mass is 32.2. The lowest BCUT2D eigenvalue weighted by Gasteiger charge is -2.10. The number of amides is 1. The number of nitrogens with zero attached hydrogens (tertiary/aromatic N) is 3. The first kappa shape index (κ1) is 26.9. The highest BCUT2D eigenvalue weighted by molar-refractivity contribution is 7.99. The number of sulfonamides is 1. The lowest BCUT2D eigenvalue weighted by Crippen LogP contribution is -2.24. The van der Waals surface area contributed by atoms with E-state index in [1.54, 1.807) is 19.2 Å². The number of unbranched alkanes of at least 4 members (excludes halogenated alkanes) is 3. The van der Waals surface area contributed by atoms with Crippen LogP contribution in [-0.2, 0) is 26.2 Å². The molecule has 1 aromatic heterocycles. The van der Waals surface area contributed by atoms with Crippen LogP contribution in [0.4, 0.5) is 5.69 Å². The summed E-state index contributed by atoms with van der Waals surface area (Å²) in [6.45, 7) is 2.81. The Labute approximate surface area is 210 Å². The van der Waals surface area contributed by atoms with E-state index in [1.165, 1.54) is 23.9 Å². The molecule has 2 aromatic carbocycles. The van der Waals surface area contributed by atoms with Gasteiger partial charge in [0.05, 0.1) is 10.6 Å². The van der Waals surface area contributed by atoms with Crippen molar-refractivity contribution >= 4 is 33.4 Å². The molecule has 0 saturated carbocycles. The normalized spacial score (nSPS) is 11.5. The standard InChI is InChI=1S/C24H31N5O4S2/c1-3-4-5-9-16-25-35(31,32)21-14-12-19(13-15-21)26-23(30)18-34-24-28-27-22(17-33-2)29(24)20-10-7-6-8-11-20/h6-8,10-15,25H,3-5,9,16-18H2,1-2H3,(H,26,30). The van der Waals surface area contributed by atoms with Crippen molar-refractivity contribution in [1.82, 2.24) is 19.5 Å². The molecule has 0 spiro atoms. The summed E-state index contributed by atoms with van der Waals surface area (Å²) in [5, 5.41) is 11.8. The Morgan fingerprint density at radius 2 is 1.77 bits per heavy atom. The van der Waals surface area contributed by atoms with Gasteiger partial charge in [-0.2, -0.15) is 0 Å². The van der Waals surface area contributed by atoms with E-state index >= 15 is 0 Å². The largest absolute Gasteiger partial charge is 0.377 e. The van der Waals surface area contributed by atoms with Gasteiger partial charge in [0, 0.05) is 25.0 Å². The highest BCUT2D eigenvalue weighted by Crippen LogP contribution is 2.23. The molecule has 0 unspecified atom stereocenters. The lowest BCUT2D eigenvalue weighted by atomic mass is 10.2. The number of carbonyl (C=O) groups is 1. The Morgan fingerprint density at radius 1 is 1.03 bits per heavy atom. The molecule has 0 aliphatic rings. The van der Waals surface area contributed by atoms with E-state index in [4.69, 9.17) is 4.74 Å². The minimum Gasteiger partial charge on any atom is -0.377 e. The van der Waals surface area contributed by atoms with Crippen molar-refractivity contribution in [3.63, 3.8) is 0 Å². The molecule has 0 atom stereocenters. The minimum atomic E-state index is -3.57. The van der Waals surface area contributed by atoms with E-state index in [-0.39, 0.29) is 23.2 Å². The highest BCUT2D eigenvalue weighted by Gasteiger charge is 2.16. The zero-order valence-corrected chi connectivity index (χ0v) is 21.6. The van der Waals surface area contributed by atoms with Gasteiger partial charge in [-0.3, -0.25) is 9.36 Å². The molecule has 0 aliphatic heterocycles. The predicted octanol–water partition coefficient (Wildman–Crippen LogP) is 4.00. The molecule has 1 amide bonds. The molecule has 188 valence electrons. The van der Waals surface area contributed by atoms with Crippen molar-refractivity contribution in [1.29, 1.82) is 0 Å². The summed E-state index contributed by atoms with van der Waals surface area (Å²) in [6.07, 6.45) is 4.00. The maximum absolute atomic E-state index is 12.5. The zero-order valence-electron chi connectivity index (χ0n) is 19.9. The summed E-state index contributed by atoms with van der Waals surface area (Å²) >= 11 is 1.25. The topological polar surface area (TPSA) is 115 Å². The smallest absolute Gasteiger partial charge is 0.240 e. The van der Waals surface area contributed by atoms with Gasteiger partial charge < -0.3 is 10.1 Å². The van der Waals surface area contributed by atoms with Crippen LogP contribution < -0.4 is 10.0 Å². The van der Waals surface area contributed by atoms with Gasteiger partial charge in [0.2, 0.25) is 15.9 Å². The van der Waals surface area contributed by atoms with Crippen LogP contribution in [0.3, 0.4) is 0 Å². The lowest BCUT2D eigenvalue weighted by molar-refractivity contribution is -0.113. The Balaban J connectivity index is 1.57. The van der Waals surface area contributed by atoms with Crippen LogP contribution in [0.2, 0.25) is 0 Å². The minimum absolute atomic E-state index is 0.108. The first-order chi connectivity index (χ1) is 16.9. The summed E-state index contributed by atoms with van der Waals surface area (Å²) in [6, 6.07) is 15.8. The fourth-order valence-electron chi connectivity index (χ4n) is 3.34. The molecule has 0 radical (unpaired) electrons. The Hall–Kier alpha value is -2.73. The SMILES string of the molecule is CCCCCCNS(=O)(=O)c1ccc(NC(=O)CSc2nnc(COC)n2-c2ccccc2)cc1. The van der Waals surface area contributed by atoms with Crippen LogP contribution in [0, 0.1) is 0 Å². The average Bonchev–Trinajstić information content (AvgIpc) is 3.26. The third kappa shape index (κ3) is 7.89. The van der Waals surface area contributed by atoms with Gasteiger partial charge in [-0.05, 0) is 42.8 Å². The number of thioether (sulfide) groups is 1. The fourth-order valence-corrected chi connectivity index (χ4v) is 5.18. The van der Waals surface area contributed by atoms with Crippen LogP contribution in [0.1, 0.15) is 38.4 Å². The number of aromatic nitrogens is 3. The van der Waals surface area contributed by atoms with Gasteiger partial charge in [0.1, 0.15) is 6.61 Å². The van der Waals surface area contributed by atoms with Crippen LogP contribution in [0.15, 0.2) is 64.6 Å². The Bertz CT molecular complexity index is 1180. The third-order valence-corrected chi connectivity index (χ3v) is 7.50. The molecule has 3 aromatic rings. The van der Waals surface area contributed by atoms with Crippen molar-refractivity contribution in [2.75, 3.05) is 24.7 Å². The number of para-hydroxylation sites is 1. The molecule has 0 fully saturated rings. The number of hydrogen-bond donors (Lipinski definition) is 2. The summed E-state index contributed by atoms with van der Waals surface area (Å²) in [7, 11) is -1.98. The van der Waals surface area contributed by atoms with E-state index < -0.39 is 10.0 Å². The second-order valence-corrected chi connectivity index (χ2v) is 10.5. The number of methoxy groups -OCH3 is 1. The van der Waals surface area contributed by atoms with Gasteiger partial charge in [-0.25, -0.2) is 13.1 Å². The van der Waals surface area contributed by atoms with Gasteiger partial charge in [0.15, 0.2) is 11.0 Å². The second-order valence-electron chi connectivity index (χ2n) is 7.82. The van der Waals surface area contributed by atoms with E-state index in [2.05, 4.69) is 27.2 Å². The average molecular weight is 518 g/mol. The number of hydrogen-bond acceptors (Lipinski definition) is 7. The van der Waals surface area contributed by atoms with E-state index in [9.17, 15) is 13.2 Å².